The summed E-state index contributed by atoms with van der Waals surface area (Å²) in [6.07, 6.45) is -0.711. The Morgan fingerprint density at radius 2 is 2.08 bits per heavy atom. The molecule has 3 aromatic rings. The van der Waals surface area contributed by atoms with E-state index < -0.39 is 17.4 Å². The van der Waals surface area contributed by atoms with Crippen LogP contribution in [0, 0.1) is 0 Å². The van der Waals surface area contributed by atoms with E-state index in [0.717, 1.165) is 5.56 Å². The van der Waals surface area contributed by atoms with E-state index in [1.807, 2.05) is 18.2 Å². The molecule has 0 saturated heterocycles. The molecule has 2 heterocycles. The molecule has 0 radical (unpaired) electrons. The van der Waals surface area contributed by atoms with Crippen LogP contribution in [0.1, 0.15) is 5.56 Å². The molecule has 7 nitrogen and oxygen atoms in total. The van der Waals surface area contributed by atoms with Crippen molar-refractivity contribution in [3.8, 4) is 0 Å². The molecule has 0 aliphatic carbocycles. The molecule has 2 N–H and O–H groups in total. The number of aliphatic hydroxyl groups is 1. The van der Waals surface area contributed by atoms with Gasteiger partial charge in [-0.1, -0.05) is 41.6 Å². The van der Waals surface area contributed by atoms with Gasteiger partial charge in [0.15, 0.2) is 16.3 Å². The van der Waals surface area contributed by atoms with Crippen LogP contribution in [0.3, 0.4) is 0 Å². The number of imidazole rings is 1. The van der Waals surface area contributed by atoms with Crippen LogP contribution in [0.25, 0.3) is 11.2 Å². The number of hydrogen-bond donors (Lipinski definition) is 2. The zero-order valence-electron chi connectivity index (χ0n) is 13.8. The molecular weight excluding hydrogens is 399 g/mol. The number of alkyl halides is 1. The second kappa shape index (κ2) is 7.87. The van der Waals surface area contributed by atoms with Gasteiger partial charge in [-0.15, -0.1) is 11.6 Å². The quantitative estimate of drug-likeness (QED) is 0.473. The highest BCUT2D eigenvalue weighted by atomic mass is 35.5. The van der Waals surface area contributed by atoms with Crippen molar-refractivity contribution in [2.75, 3.05) is 11.6 Å². The molecular formula is C16H16Cl2N4O3S. The molecule has 10 heteroatoms. The Bertz CT molecular complexity index is 1060. The fourth-order valence-corrected chi connectivity index (χ4v) is 3.84. The summed E-state index contributed by atoms with van der Waals surface area (Å²) in [5, 5.41) is 10.8. The number of halogens is 2. The highest BCUT2D eigenvalue weighted by molar-refractivity contribution is 7.99. The monoisotopic (exact) mass is 414 g/mol. The minimum absolute atomic E-state index is 0.0941. The van der Waals surface area contributed by atoms with Crippen molar-refractivity contribution in [1.82, 2.24) is 19.1 Å². The van der Waals surface area contributed by atoms with E-state index in [4.69, 9.17) is 23.2 Å². The summed E-state index contributed by atoms with van der Waals surface area (Å²) >= 11 is 13.2. The first-order valence-corrected chi connectivity index (χ1v) is 9.62. The van der Waals surface area contributed by atoms with Crippen LogP contribution in [0.15, 0.2) is 39.0 Å². The van der Waals surface area contributed by atoms with Crippen LogP contribution in [-0.4, -0.2) is 41.9 Å². The fraction of sp³-hybridized carbons (Fsp3) is 0.312. The molecule has 0 aliphatic heterocycles. The first-order valence-electron chi connectivity index (χ1n) is 7.72. The third kappa shape index (κ3) is 3.68. The molecule has 1 aromatic carbocycles. The summed E-state index contributed by atoms with van der Waals surface area (Å²) in [6.45, 7) is 0.302. The van der Waals surface area contributed by atoms with Crippen LogP contribution < -0.4 is 11.2 Å². The Hall–Kier alpha value is -1.74. The van der Waals surface area contributed by atoms with Crippen molar-refractivity contribution in [1.29, 1.82) is 0 Å². The van der Waals surface area contributed by atoms with Gasteiger partial charge in [0, 0.05) is 23.7 Å². The lowest BCUT2D eigenvalue weighted by molar-refractivity contribution is 0.223. The van der Waals surface area contributed by atoms with E-state index in [-0.39, 0.29) is 17.0 Å². The molecule has 26 heavy (non-hydrogen) atoms. The molecule has 0 spiro atoms. The molecule has 0 unspecified atom stereocenters. The summed E-state index contributed by atoms with van der Waals surface area (Å²) in [5.41, 5.74) is 0.291. The lowest BCUT2D eigenvalue weighted by Gasteiger charge is -2.11. The van der Waals surface area contributed by atoms with Crippen LogP contribution >= 0.6 is 35.0 Å². The van der Waals surface area contributed by atoms with Gasteiger partial charge in [-0.3, -0.25) is 14.3 Å². The SMILES string of the molecule is Cn1c(=O)[nH]c(=O)c2c1nc(SC[C@H](O)CCl)n2Cc1ccccc1Cl. The summed E-state index contributed by atoms with van der Waals surface area (Å²) in [6, 6.07) is 7.29. The fourth-order valence-electron chi connectivity index (χ4n) is 2.48. The molecule has 2 aromatic heterocycles. The van der Waals surface area contributed by atoms with Gasteiger partial charge in [0.2, 0.25) is 0 Å². The second-order valence-corrected chi connectivity index (χ2v) is 7.38. The maximum atomic E-state index is 12.4. The molecule has 3 rings (SSSR count). The van der Waals surface area contributed by atoms with Gasteiger partial charge in [-0.05, 0) is 11.6 Å². The zero-order chi connectivity index (χ0) is 18.8. The van der Waals surface area contributed by atoms with Crippen LogP contribution in [-0.2, 0) is 13.6 Å². The Kier molecular flexibility index (Phi) is 5.76. The van der Waals surface area contributed by atoms with Gasteiger partial charge in [-0.25, -0.2) is 9.78 Å². The maximum Gasteiger partial charge on any atom is 0.329 e. The lowest BCUT2D eigenvalue weighted by atomic mass is 10.2. The Morgan fingerprint density at radius 3 is 2.77 bits per heavy atom. The average molecular weight is 415 g/mol. The largest absolute Gasteiger partial charge is 0.391 e. The standard InChI is InChI=1S/C16H16Cl2N4O3S/c1-21-13-12(14(24)20-15(21)25)22(7-9-4-2-3-5-11(9)18)16(19-13)26-8-10(23)6-17/h2-5,10,23H,6-8H2,1H3,(H,20,24,25)/t10-/m1/s1. The Balaban J connectivity index is 2.16. The van der Waals surface area contributed by atoms with E-state index in [1.54, 1.807) is 10.6 Å². The minimum Gasteiger partial charge on any atom is -0.391 e. The number of nitrogens with zero attached hydrogens (tertiary/aromatic N) is 3. The van der Waals surface area contributed by atoms with Gasteiger partial charge < -0.3 is 9.67 Å². The van der Waals surface area contributed by atoms with E-state index >= 15 is 0 Å². The van der Waals surface area contributed by atoms with Crippen LogP contribution in [0.5, 0.6) is 0 Å². The number of benzene rings is 1. The number of aryl methyl sites for hydroxylation is 1. The highest BCUT2D eigenvalue weighted by Crippen LogP contribution is 2.25. The molecule has 0 amide bonds. The van der Waals surface area contributed by atoms with Crippen LogP contribution in [0.2, 0.25) is 5.02 Å². The van der Waals surface area contributed by atoms with Crippen molar-refractivity contribution >= 4 is 46.1 Å². The van der Waals surface area contributed by atoms with E-state index in [9.17, 15) is 14.7 Å². The molecule has 0 saturated carbocycles. The van der Waals surface area contributed by atoms with E-state index in [1.165, 1.54) is 23.4 Å². The lowest BCUT2D eigenvalue weighted by Crippen LogP contribution is -2.29. The average Bonchev–Trinajstić information content (AvgIpc) is 2.98. The Morgan fingerprint density at radius 1 is 1.35 bits per heavy atom. The first kappa shape index (κ1) is 19.0. The number of aliphatic hydroxyl groups excluding tert-OH is 1. The van der Waals surface area contributed by atoms with E-state index in [0.29, 0.717) is 22.5 Å². The summed E-state index contributed by atoms with van der Waals surface area (Å²) in [4.78, 5) is 31.0. The van der Waals surface area contributed by atoms with Gasteiger partial charge in [-0.2, -0.15) is 0 Å². The van der Waals surface area contributed by atoms with Gasteiger partial charge in [0.05, 0.1) is 12.6 Å². The van der Waals surface area contributed by atoms with Crippen molar-refractivity contribution in [2.24, 2.45) is 7.05 Å². The first-order chi connectivity index (χ1) is 12.4. The van der Waals surface area contributed by atoms with Gasteiger partial charge in [0.25, 0.3) is 5.56 Å². The number of hydrogen-bond acceptors (Lipinski definition) is 5. The minimum atomic E-state index is -0.711. The summed E-state index contributed by atoms with van der Waals surface area (Å²) < 4.78 is 2.97. The zero-order valence-corrected chi connectivity index (χ0v) is 16.1. The van der Waals surface area contributed by atoms with Gasteiger partial charge in [0.1, 0.15) is 0 Å². The number of nitrogens with one attached hydrogen (secondary N) is 1. The third-order valence-corrected chi connectivity index (χ3v) is 5.69. The van der Waals surface area contributed by atoms with Crippen LogP contribution in [0.4, 0.5) is 0 Å². The van der Waals surface area contributed by atoms with Crippen molar-refractivity contribution in [3.05, 3.63) is 55.7 Å². The molecule has 1 atom stereocenters. The molecule has 0 bridgehead atoms. The number of aromatic amines is 1. The third-order valence-electron chi connectivity index (χ3n) is 3.84. The van der Waals surface area contributed by atoms with Crippen molar-refractivity contribution in [3.63, 3.8) is 0 Å². The molecule has 0 fully saturated rings. The van der Waals surface area contributed by atoms with E-state index in [2.05, 4.69) is 9.97 Å². The number of fused-ring (bicyclic) bond motifs is 1. The van der Waals surface area contributed by atoms with Crippen molar-refractivity contribution in [2.45, 2.75) is 17.8 Å². The smallest absolute Gasteiger partial charge is 0.329 e. The topological polar surface area (TPSA) is 92.9 Å². The predicted molar refractivity (Wildman–Crippen MR) is 104 cm³/mol. The van der Waals surface area contributed by atoms with Gasteiger partial charge >= 0.3 is 5.69 Å². The number of thioether (sulfide) groups is 1. The maximum absolute atomic E-state index is 12.4. The predicted octanol–water partition coefficient (Wildman–Crippen LogP) is 1.82. The Labute approximate surface area is 162 Å². The summed E-state index contributed by atoms with van der Waals surface area (Å²) in [7, 11) is 1.54. The highest BCUT2D eigenvalue weighted by Gasteiger charge is 2.19. The summed E-state index contributed by atoms with van der Waals surface area (Å²) in [5.74, 6) is 0.401. The van der Waals surface area contributed by atoms with Crippen molar-refractivity contribution < 1.29 is 5.11 Å². The number of aromatic nitrogens is 4. The molecule has 138 valence electrons. The normalized spacial score (nSPS) is 12.6. The number of H-pyrrole nitrogens is 1. The molecule has 0 aliphatic rings. The second-order valence-electron chi connectivity index (χ2n) is 5.68. The number of rotatable bonds is 6.